The summed E-state index contributed by atoms with van der Waals surface area (Å²) in [4.78, 5) is 11.9. The quantitative estimate of drug-likeness (QED) is 0.495. The van der Waals surface area contributed by atoms with Crippen molar-refractivity contribution in [1.82, 2.24) is 5.32 Å². The van der Waals surface area contributed by atoms with Crippen LogP contribution in [0.5, 0.6) is 0 Å². The highest BCUT2D eigenvalue weighted by Gasteiger charge is 2.33. The highest BCUT2D eigenvalue weighted by Crippen LogP contribution is 2.17. The Kier molecular flexibility index (Phi) is 8.22. The molecular weight excluding hydrogens is 270 g/mol. The van der Waals surface area contributed by atoms with Crippen molar-refractivity contribution >= 4 is 5.97 Å². The minimum absolute atomic E-state index is 0.198. The van der Waals surface area contributed by atoms with E-state index in [0.717, 1.165) is 45.3 Å². The van der Waals surface area contributed by atoms with E-state index in [1.807, 2.05) is 20.8 Å². The van der Waals surface area contributed by atoms with Gasteiger partial charge >= 0.3 is 5.97 Å². The number of hydrogen-bond donors (Lipinski definition) is 1. The average molecular weight is 301 g/mol. The third-order valence-electron chi connectivity index (χ3n) is 3.79. The maximum Gasteiger partial charge on any atom is 0.325 e. The lowest BCUT2D eigenvalue weighted by Crippen LogP contribution is -2.52. The summed E-state index contributed by atoms with van der Waals surface area (Å²) in [5, 5.41) is 3.31. The molecule has 0 radical (unpaired) electrons. The summed E-state index contributed by atoms with van der Waals surface area (Å²) in [5.74, 6) is -0.198. The third kappa shape index (κ3) is 6.76. The van der Waals surface area contributed by atoms with Gasteiger partial charge in [-0.05, 0) is 52.9 Å². The minimum atomic E-state index is -0.614. The first-order valence-corrected chi connectivity index (χ1v) is 8.03. The Balaban J connectivity index is 2.18. The Labute approximate surface area is 128 Å². The number of hydrogen-bond acceptors (Lipinski definition) is 5. The molecule has 1 heterocycles. The van der Waals surface area contributed by atoms with Crippen molar-refractivity contribution in [2.75, 3.05) is 26.9 Å². The van der Waals surface area contributed by atoms with Crippen molar-refractivity contribution in [3.63, 3.8) is 0 Å². The molecular formula is C16H31NO4. The number of nitrogens with one attached hydrogen (secondary N) is 1. The van der Waals surface area contributed by atoms with Crippen molar-refractivity contribution in [1.29, 1.82) is 0 Å². The lowest BCUT2D eigenvalue weighted by Gasteiger charge is -2.30. The summed E-state index contributed by atoms with van der Waals surface area (Å²) < 4.78 is 16.1. The number of rotatable bonds is 10. The molecule has 0 spiro atoms. The van der Waals surface area contributed by atoms with Crippen LogP contribution in [0.4, 0.5) is 0 Å². The molecule has 2 atom stereocenters. The number of unbranched alkanes of at least 4 members (excludes halogenated alkanes) is 1. The molecule has 5 heteroatoms. The molecule has 1 fully saturated rings. The Morgan fingerprint density at radius 1 is 1.43 bits per heavy atom. The Bertz CT molecular complexity index is 303. The van der Waals surface area contributed by atoms with Crippen LogP contribution in [-0.2, 0) is 19.0 Å². The van der Waals surface area contributed by atoms with Crippen molar-refractivity contribution in [3.05, 3.63) is 0 Å². The number of esters is 1. The summed E-state index contributed by atoms with van der Waals surface area (Å²) in [5.41, 5.74) is -0.614. The van der Waals surface area contributed by atoms with Crippen molar-refractivity contribution < 1.29 is 19.0 Å². The number of carbonyl (C=O) groups excluding carboxylic acids is 1. The molecule has 0 amide bonds. The van der Waals surface area contributed by atoms with Crippen molar-refractivity contribution in [3.8, 4) is 0 Å². The van der Waals surface area contributed by atoms with E-state index in [0.29, 0.717) is 6.61 Å². The molecule has 0 aromatic heterocycles. The number of carbonyl (C=O) groups is 1. The normalized spacial score (nSPS) is 21.5. The Morgan fingerprint density at radius 2 is 2.19 bits per heavy atom. The van der Waals surface area contributed by atoms with E-state index < -0.39 is 5.54 Å². The number of ether oxygens (including phenoxy) is 3. The molecule has 21 heavy (non-hydrogen) atoms. The molecule has 124 valence electrons. The molecule has 2 unspecified atom stereocenters. The van der Waals surface area contributed by atoms with E-state index in [-0.39, 0.29) is 18.1 Å². The summed E-state index contributed by atoms with van der Waals surface area (Å²) in [7, 11) is 1.44. The smallest absolute Gasteiger partial charge is 0.325 e. The van der Waals surface area contributed by atoms with E-state index in [4.69, 9.17) is 14.2 Å². The summed E-state index contributed by atoms with van der Waals surface area (Å²) in [6, 6.07) is 0.241. The second-order valence-corrected chi connectivity index (χ2v) is 6.29. The molecule has 0 aliphatic carbocycles. The van der Waals surface area contributed by atoms with Gasteiger partial charge in [-0.2, -0.15) is 0 Å². The zero-order valence-electron chi connectivity index (χ0n) is 13.9. The van der Waals surface area contributed by atoms with E-state index in [1.54, 1.807) is 0 Å². The molecule has 0 aromatic rings. The molecule has 1 N–H and O–H groups in total. The lowest BCUT2D eigenvalue weighted by atomic mass is 9.94. The van der Waals surface area contributed by atoms with Gasteiger partial charge in [0.2, 0.25) is 0 Å². The van der Waals surface area contributed by atoms with Crippen LogP contribution in [0, 0.1) is 0 Å². The van der Waals surface area contributed by atoms with Crippen LogP contribution < -0.4 is 5.32 Å². The molecule has 1 saturated heterocycles. The standard InChI is InChI=1S/C16H31NO4/c1-13(2)17-16(3,15(18)19-4)9-5-6-10-20-12-14-8-7-11-21-14/h13-14,17H,5-12H2,1-4H3. The van der Waals surface area contributed by atoms with Gasteiger partial charge in [-0.3, -0.25) is 10.1 Å². The maximum absolute atomic E-state index is 11.9. The SMILES string of the molecule is COC(=O)C(C)(CCCCOCC1CCCO1)NC(C)C. The minimum Gasteiger partial charge on any atom is -0.468 e. The fraction of sp³-hybridized carbons (Fsp3) is 0.938. The van der Waals surface area contributed by atoms with Gasteiger partial charge in [-0.15, -0.1) is 0 Å². The predicted molar refractivity (Wildman–Crippen MR) is 82.3 cm³/mol. The number of methoxy groups -OCH3 is 1. The topological polar surface area (TPSA) is 56.8 Å². The van der Waals surface area contributed by atoms with E-state index in [2.05, 4.69) is 5.32 Å². The van der Waals surface area contributed by atoms with E-state index >= 15 is 0 Å². The zero-order chi connectivity index (χ0) is 15.7. The summed E-state index contributed by atoms with van der Waals surface area (Å²) in [6.45, 7) is 8.26. The van der Waals surface area contributed by atoms with Gasteiger partial charge < -0.3 is 14.2 Å². The Morgan fingerprint density at radius 3 is 2.76 bits per heavy atom. The van der Waals surface area contributed by atoms with Gasteiger partial charge in [-0.25, -0.2) is 0 Å². The second kappa shape index (κ2) is 9.38. The van der Waals surface area contributed by atoms with Gasteiger partial charge in [0.1, 0.15) is 5.54 Å². The molecule has 0 bridgehead atoms. The molecule has 1 aliphatic rings. The van der Waals surface area contributed by atoms with Gasteiger partial charge in [0.05, 0.1) is 19.8 Å². The van der Waals surface area contributed by atoms with Gasteiger partial charge in [0.25, 0.3) is 0 Å². The molecule has 0 saturated carbocycles. The van der Waals surface area contributed by atoms with Crippen LogP contribution in [0.2, 0.25) is 0 Å². The van der Waals surface area contributed by atoms with E-state index in [1.165, 1.54) is 7.11 Å². The molecule has 0 aromatic carbocycles. The highest BCUT2D eigenvalue weighted by molar-refractivity contribution is 5.80. The monoisotopic (exact) mass is 301 g/mol. The first-order valence-electron chi connectivity index (χ1n) is 8.03. The maximum atomic E-state index is 11.9. The first kappa shape index (κ1) is 18.4. The first-order chi connectivity index (χ1) is 9.98. The van der Waals surface area contributed by atoms with Gasteiger partial charge in [0.15, 0.2) is 0 Å². The largest absolute Gasteiger partial charge is 0.468 e. The summed E-state index contributed by atoms with van der Waals surface area (Å²) >= 11 is 0. The predicted octanol–water partition coefficient (Wildman–Crippen LogP) is 2.28. The fourth-order valence-corrected chi connectivity index (χ4v) is 2.77. The van der Waals surface area contributed by atoms with Gasteiger partial charge in [-0.1, -0.05) is 0 Å². The van der Waals surface area contributed by atoms with Crippen LogP contribution in [0.1, 0.15) is 52.9 Å². The lowest BCUT2D eigenvalue weighted by molar-refractivity contribution is -0.148. The van der Waals surface area contributed by atoms with E-state index in [9.17, 15) is 4.79 Å². The van der Waals surface area contributed by atoms with Crippen LogP contribution in [-0.4, -0.2) is 50.6 Å². The van der Waals surface area contributed by atoms with Crippen molar-refractivity contribution in [2.45, 2.75) is 70.6 Å². The third-order valence-corrected chi connectivity index (χ3v) is 3.79. The zero-order valence-corrected chi connectivity index (χ0v) is 13.9. The average Bonchev–Trinajstić information content (AvgIpc) is 2.94. The molecule has 1 rings (SSSR count). The second-order valence-electron chi connectivity index (χ2n) is 6.29. The molecule has 5 nitrogen and oxygen atoms in total. The van der Waals surface area contributed by atoms with Crippen LogP contribution in [0.25, 0.3) is 0 Å². The van der Waals surface area contributed by atoms with Crippen LogP contribution >= 0.6 is 0 Å². The Hall–Kier alpha value is -0.650. The van der Waals surface area contributed by atoms with Crippen LogP contribution in [0.15, 0.2) is 0 Å². The fourth-order valence-electron chi connectivity index (χ4n) is 2.77. The van der Waals surface area contributed by atoms with Crippen LogP contribution in [0.3, 0.4) is 0 Å². The molecule has 1 aliphatic heterocycles. The van der Waals surface area contributed by atoms with Crippen molar-refractivity contribution in [2.24, 2.45) is 0 Å². The summed E-state index contributed by atoms with van der Waals surface area (Å²) in [6.07, 6.45) is 5.16. The van der Waals surface area contributed by atoms with Gasteiger partial charge in [0, 0.05) is 19.3 Å². The highest BCUT2D eigenvalue weighted by atomic mass is 16.5.